The molecule has 0 heterocycles. The van der Waals surface area contributed by atoms with Crippen molar-refractivity contribution in [1.29, 1.82) is 0 Å². The van der Waals surface area contributed by atoms with E-state index in [1.807, 2.05) is 0 Å². The zero-order valence-corrected chi connectivity index (χ0v) is 17.2. The maximum Gasteiger partial charge on any atom is -0.00134 e. The molecule has 0 fully saturated rings. The second-order valence-corrected chi connectivity index (χ2v) is 9.31. The molecule has 0 saturated carbocycles. The summed E-state index contributed by atoms with van der Waals surface area (Å²) in [6.45, 7) is 0. The summed E-state index contributed by atoms with van der Waals surface area (Å²) in [6.07, 6.45) is 0. The third-order valence-electron chi connectivity index (χ3n) is 7.84. The van der Waals surface area contributed by atoms with Crippen LogP contribution >= 0.6 is 0 Å². The van der Waals surface area contributed by atoms with Crippen LogP contribution in [-0.4, -0.2) is 0 Å². The fourth-order valence-corrected chi connectivity index (χ4v) is 6.58. The highest BCUT2D eigenvalue weighted by atomic mass is 14.3. The number of rotatable bonds is 0. The quantitative estimate of drug-likeness (QED) is 0.223. The molecule has 0 bridgehead atoms. The van der Waals surface area contributed by atoms with Gasteiger partial charge in [-0.2, -0.15) is 0 Å². The van der Waals surface area contributed by atoms with E-state index in [9.17, 15) is 0 Å². The minimum atomic E-state index is 1.33. The molecule has 1 aliphatic carbocycles. The molecule has 0 heteroatoms. The zero-order valence-electron chi connectivity index (χ0n) is 17.2. The molecule has 0 radical (unpaired) electrons. The zero-order chi connectivity index (χ0) is 20.6. The van der Waals surface area contributed by atoms with Gasteiger partial charge in [0.15, 0.2) is 0 Å². The van der Waals surface area contributed by atoms with E-state index in [1.54, 1.807) is 0 Å². The van der Waals surface area contributed by atoms with Crippen LogP contribution in [0, 0.1) is 0 Å². The van der Waals surface area contributed by atoms with Gasteiger partial charge in [0.1, 0.15) is 0 Å². The largest absolute Gasteiger partial charge is 0.0610 e. The van der Waals surface area contributed by atoms with Gasteiger partial charge < -0.3 is 0 Å². The summed E-state index contributed by atoms with van der Waals surface area (Å²) in [7, 11) is 0. The van der Waals surface area contributed by atoms with Crippen molar-refractivity contribution in [3.63, 3.8) is 0 Å². The summed E-state index contributed by atoms with van der Waals surface area (Å²) in [4.78, 5) is 0. The Morgan fingerprint density at radius 1 is 0.312 bits per heavy atom. The van der Waals surface area contributed by atoms with Gasteiger partial charge >= 0.3 is 0 Å². The molecule has 0 saturated heterocycles. The van der Waals surface area contributed by atoms with Crippen LogP contribution in [0.25, 0.3) is 86.9 Å². The van der Waals surface area contributed by atoms with Crippen molar-refractivity contribution < 1.29 is 0 Å². The van der Waals surface area contributed by atoms with E-state index in [0.29, 0.717) is 0 Å². The van der Waals surface area contributed by atoms with Crippen LogP contribution in [0.5, 0.6) is 0 Å². The number of hydrogen-bond acceptors (Lipinski definition) is 0. The predicted molar refractivity (Wildman–Crippen MR) is 138 cm³/mol. The lowest BCUT2D eigenvalue weighted by Gasteiger charge is -2.15. The molecule has 8 aromatic rings. The lowest BCUT2D eigenvalue weighted by molar-refractivity contribution is 1.76. The van der Waals surface area contributed by atoms with E-state index < -0.39 is 0 Å². The average Bonchev–Trinajstić information content (AvgIpc) is 3.16. The smallest absolute Gasteiger partial charge is 0.00134 e. The van der Waals surface area contributed by atoms with E-state index in [4.69, 9.17) is 0 Å². The van der Waals surface area contributed by atoms with Crippen molar-refractivity contribution in [2.75, 3.05) is 0 Å². The Morgan fingerprint density at radius 2 is 0.844 bits per heavy atom. The van der Waals surface area contributed by atoms with E-state index in [1.165, 1.54) is 86.9 Å². The first kappa shape index (κ1) is 15.6. The third kappa shape index (κ3) is 1.60. The minimum absolute atomic E-state index is 1.33. The fourth-order valence-electron chi connectivity index (χ4n) is 6.58. The van der Waals surface area contributed by atoms with Gasteiger partial charge in [0.2, 0.25) is 0 Å². The van der Waals surface area contributed by atoms with Crippen molar-refractivity contribution >= 4 is 64.6 Å². The number of hydrogen-bond donors (Lipinski definition) is 0. The minimum Gasteiger partial charge on any atom is -0.0610 e. The molecule has 0 atom stereocenters. The SMILES string of the molecule is c1cc2ccc3cc4c(c5ccc(c1)c2c35)-c1ccc2ccc3cccc5cc-4c1c2c35. The van der Waals surface area contributed by atoms with Crippen LogP contribution in [0.1, 0.15) is 0 Å². The summed E-state index contributed by atoms with van der Waals surface area (Å²) < 4.78 is 0. The first-order valence-electron chi connectivity index (χ1n) is 11.3. The molecule has 1 aliphatic rings. The fraction of sp³-hybridized carbons (Fsp3) is 0. The normalized spacial score (nSPS) is 13.0. The average molecular weight is 400 g/mol. The summed E-state index contributed by atoms with van der Waals surface area (Å²) in [5.41, 5.74) is 5.56. The Balaban J connectivity index is 1.59. The standard InChI is InChI=1S/C32H16/c1-3-17-9-10-22-16-25-26-15-21-6-2-5-18-7-8-20-12-14-24(32(26)30(20)28(18)21)31(25)23-13-11-19(4-1)27(17)29(22)23/h1-16H. The highest BCUT2D eigenvalue weighted by Crippen LogP contribution is 2.55. The molecule has 0 amide bonds. The monoisotopic (exact) mass is 400 g/mol. The summed E-state index contributed by atoms with van der Waals surface area (Å²) in [5, 5.41) is 16.4. The third-order valence-corrected chi connectivity index (χ3v) is 7.84. The molecule has 0 N–H and O–H groups in total. The second-order valence-electron chi connectivity index (χ2n) is 9.31. The van der Waals surface area contributed by atoms with Gasteiger partial charge in [-0.25, -0.2) is 0 Å². The van der Waals surface area contributed by atoms with Crippen molar-refractivity contribution in [3.05, 3.63) is 97.1 Å². The van der Waals surface area contributed by atoms with Gasteiger partial charge in [-0.3, -0.25) is 0 Å². The van der Waals surface area contributed by atoms with Crippen molar-refractivity contribution in [2.45, 2.75) is 0 Å². The van der Waals surface area contributed by atoms with E-state index in [-0.39, 0.29) is 0 Å². The van der Waals surface area contributed by atoms with Crippen LogP contribution in [0.2, 0.25) is 0 Å². The van der Waals surface area contributed by atoms with Gasteiger partial charge in [-0.15, -0.1) is 0 Å². The highest BCUT2D eigenvalue weighted by Gasteiger charge is 2.27. The molecule has 0 nitrogen and oxygen atoms in total. The predicted octanol–water partition coefficient (Wildman–Crippen LogP) is 9.13. The number of benzene rings is 8. The van der Waals surface area contributed by atoms with E-state index in [0.717, 1.165) is 0 Å². The molecule has 0 aromatic heterocycles. The van der Waals surface area contributed by atoms with Crippen LogP contribution in [0.4, 0.5) is 0 Å². The maximum absolute atomic E-state index is 2.44. The molecule has 32 heavy (non-hydrogen) atoms. The Morgan fingerprint density at radius 3 is 1.62 bits per heavy atom. The Bertz CT molecular complexity index is 2060. The lowest BCUT2D eigenvalue weighted by Crippen LogP contribution is -1.87. The van der Waals surface area contributed by atoms with E-state index >= 15 is 0 Å². The van der Waals surface area contributed by atoms with Crippen molar-refractivity contribution in [1.82, 2.24) is 0 Å². The van der Waals surface area contributed by atoms with Crippen LogP contribution in [-0.2, 0) is 0 Å². The summed E-state index contributed by atoms with van der Waals surface area (Å²) >= 11 is 0. The van der Waals surface area contributed by atoms with Crippen molar-refractivity contribution in [3.8, 4) is 22.3 Å². The van der Waals surface area contributed by atoms with Gasteiger partial charge in [0, 0.05) is 0 Å². The summed E-state index contributed by atoms with van der Waals surface area (Å²) in [6, 6.07) is 36.7. The van der Waals surface area contributed by atoms with Gasteiger partial charge in [-0.1, -0.05) is 84.9 Å². The van der Waals surface area contributed by atoms with Crippen LogP contribution < -0.4 is 0 Å². The van der Waals surface area contributed by atoms with Gasteiger partial charge in [0.05, 0.1) is 0 Å². The molecular formula is C32H16. The van der Waals surface area contributed by atoms with Crippen LogP contribution in [0.3, 0.4) is 0 Å². The first-order valence-corrected chi connectivity index (χ1v) is 11.3. The van der Waals surface area contributed by atoms with Crippen molar-refractivity contribution in [2.24, 2.45) is 0 Å². The Hall–Kier alpha value is -4.16. The molecule has 8 aromatic carbocycles. The maximum atomic E-state index is 2.44. The molecular weight excluding hydrogens is 384 g/mol. The van der Waals surface area contributed by atoms with Gasteiger partial charge in [0.25, 0.3) is 0 Å². The summed E-state index contributed by atoms with van der Waals surface area (Å²) in [5.74, 6) is 0. The van der Waals surface area contributed by atoms with E-state index in [2.05, 4.69) is 97.1 Å². The Labute approximate surface area is 184 Å². The highest BCUT2D eigenvalue weighted by molar-refractivity contribution is 6.36. The molecule has 9 rings (SSSR count). The first-order chi connectivity index (χ1) is 15.9. The van der Waals surface area contributed by atoms with Gasteiger partial charge in [-0.05, 0) is 99.0 Å². The number of fused-ring (bicyclic) bond motifs is 4. The molecule has 144 valence electrons. The topological polar surface area (TPSA) is 0 Å². The Kier molecular flexibility index (Phi) is 2.44. The second kappa shape index (κ2) is 5.00. The lowest BCUT2D eigenvalue weighted by atomic mass is 9.88. The molecule has 0 aliphatic heterocycles. The van der Waals surface area contributed by atoms with Crippen LogP contribution in [0.15, 0.2) is 97.1 Å². The molecule has 0 spiro atoms. The molecule has 0 unspecified atom stereocenters.